The standard InChI is InChI=1S/C26H42FN3O2/c1-2-3-16-32-25(23-13-7-8-14-24(23)27)21-12-9-15-30(19-21)26(31)29-22(18-28)17-20-10-5-4-6-11-20/h7-8,13-14,20-22,25H,2-6,9-12,15-19,28H2,1H3,(H,29,31)/t21-,22+,25-/m1/s1. The number of benzene rings is 1. The van der Waals surface area contributed by atoms with E-state index in [2.05, 4.69) is 12.2 Å². The Bertz CT molecular complexity index is 695. The first-order valence-corrected chi connectivity index (χ1v) is 12.7. The molecule has 1 aromatic carbocycles. The van der Waals surface area contributed by atoms with Gasteiger partial charge in [-0.1, -0.05) is 63.6 Å². The summed E-state index contributed by atoms with van der Waals surface area (Å²) < 4.78 is 20.8. The van der Waals surface area contributed by atoms with Crippen molar-refractivity contribution in [1.82, 2.24) is 10.2 Å². The summed E-state index contributed by atoms with van der Waals surface area (Å²) >= 11 is 0. The highest BCUT2D eigenvalue weighted by atomic mass is 19.1. The van der Waals surface area contributed by atoms with Crippen molar-refractivity contribution in [3.8, 4) is 0 Å². The maximum atomic E-state index is 14.6. The Balaban J connectivity index is 1.62. The molecule has 5 nitrogen and oxygen atoms in total. The number of rotatable bonds is 10. The fraction of sp³-hybridized carbons (Fsp3) is 0.731. The van der Waals surface area contributed by atoms with Gasteiger partial charge in [-0.25, -0.2) is 9.18 Å². The van der Waals surface area contributed by atoms with Crippen LogP contribution in [-0.4, -0.2) is 43.2 Å². The Morgan fingerprint density at radius 3 is 2.72 bits per heavy atom. The summed E-state index contributed by atoms with van der Waals surface area (Å²) in [5.74, 6) is 0.522. The van der Waals surface area contributed by atoms with Crippen LogP contribution in [0.1, 0.15) is 82.8 Å². The number of halogens is 1. The summed E-state index contributed by atoms with van der Waals surface area (Å²) in [6.45, 7) is 4.50. The quantitative estimate of drug-likeness (QED) is 0.472. The van der Waals surface area contributed by atoms with Gasteiger partial charge in [0, 0.05) is 43.8 Å². The SMILES string of the molecule is CCCCO[C@@H](c1ccccc1F)[C@@H]1CCCN(C(=O)N[C@H](CN)CC2CCCCC2)C1. The molecule has 1 saturated carbocycles. The molecule has 3 rings (SSSR count). The van der Waals surface area contributed by atoms with Gasteiger partial charge in [0.25, 0.3) is 0 Å². The first-order chi connectivity index (χ1) is 15.6. The van der Waals surface area contributed by atoms with Crippen molar-refractivity contribution >= 4 is 6.03 Å². The topological polar surface area (TPSA) is 67.6 Å². The predicted molar refractivity (Wildman–Crippen MR) is 127 cm³/mol. The second kappa shape index (κ2) is 13.1. The Morgan fingerprint density at radius 2 is 2.00 bits per heavy atom. The number of hydrogen-bond donors (Lipinski definition) is 2. The van der Waals surface area contributed by atoms with E-state index >= 15 is 0 Å². The molecule has 3 N–H and O–H groups in total. The van der Waals surface area contributed by atoms with Crippen molar-refractivity contribution in [2.75, 3.05) is 26.2 Å². The van der Waals surface area contributed by atoms with Gasteiger partial charge in [-0.3, -0.25) is 0 Å². The molecule has 180 valence electrons. The molecule has 2 fully saturated rings. The number of amides is 2. The van der Waals surface area contributed by atoms with Gasteiger partial charge in [-0.05, 0) is 37.7 Å². The minimum absolute atomic E-state index is 0.0224. The number of nitrogens with one attached hydrogen (secondary N) is 1. The highest BCUT2D eigenvalue weighted by Crippen LogP contribution is 2.34. The average molecular weight is 448 g/mol. The van der Waals surface area contributed by atoms with E-state index in [1.54, 1.807) is 6.07 Å². The summed E-state index contributed by atoms with van der Waals surface area (Å²) in [5.41, 5.74) is 6.61. The molecule has 3 atom stereocenters. The minimum atomic E-state index is -0.328. The van der Waals surface area contributed by atoms with Gasteiger partial charge in [0.05, 0.1) is 6.10 Å². The van der Waals surface area contributed by atoms with Crippen molar-refractivity contribution in [2.24, 2.45) is 17.6 Å². The minimum Gasteiger partial charge on any atom is -0.373 e. The van der Waals surface area contributed by atoms with Crippen LogP contribution in [0, 0.1) is 17.7 Å². The molecule has 2 amide bonds. The largest absolute Gasteiger partial charge is 0.373 e. The molecule has 32 heavy (non-hydrogen) atoms. The zero-order valence-electron chi connectivity index (χ0n) is 19.7. The number of nitrogens with zero attached hydrogens (tertiary/aromatic N) is 1. The second-order valence-electron chi connectivity index (χ2n) is 9.64. The molecule has 1 aliphatic heterocycles. The van der Waals surface area contributed by atoms with Crippen LogP contribution in [0.3, 0.4) is 0 Å². The third-order valence-corrected chi connectivity index (χ3v) is 7.13. The average Bonchev–Trinajstić information content (AvgIpc) is 2.83. The van der Waals surface area contributed by atoms with E-state index in [9.17, 15) is 9.18 Å². The third kappa shape index (κ3) is 7.17. The number of carbonyl (C=O) groups excluding carboxylic acids is 1. The highest BCUT2D eigenvalue weighted by molar-refractivity contribution is 5.74. The van der Waals surface area contributed by atoms with Gasteiger partial charge in [-0.15, -0.1) is 0 Å². The van der Waals surface area contributed by atoms with Crippen LogP contribution >= 0.6 is 0 Å². The molecule has 1 saturated heterocycles. The lowest BCUT2D eigenvalue weighted by Gasteiger charge is -2.38. The lowest BCUT2D eigenvalue weighted by atomic mass is 9.85. The summed E-state index contributed by atoms with van der Waals surface area (Å²) in [4.78, 5) is 15.0. The summed E-state index contributed by atoms with van der Waals surface area (Å²) in [6, 6.07) is 6.87. The number of hydrogen-bond acceptors (Lipinski definition) is 3. The summed E-state index contributed by atoms with van der Waals surface area (Å²) in [6.07, 6.45) is 10.9. The van der Waals surface area contributed by atoms with Gasteiger partial charge in [0.1, 0.15) is 5.82 Å². The van der Waals surface area contributed by atoms with E-state index in [4.69, 9.17) is 10.5 Å². The van der Waals surface area contributed by atoms with Crippen molar-refractivity contribution in [3.63, 3.8) is 0 Å². The fourth-order valence-electron chi connectivity index (χ4n) is 5.29. The number of carbonyl (C=O) groups is 1. The number of piperidine rings is 1. The Kier molecular flexibility index (Phi) is 10.3. The second-order valence-corrected chi connectivity index (χ2v) is 9.64. The molecular weight excluding hydrogens is 405 g/mol. The van der Waals surface area contributed by atoms with E-state index in [0.717, 1.165) is 38.6 Å². The summed E-state index contributed by atoms with van der Waals surface area (Å²) in [5, 5.41) is 3.19. The maximum Gasteiger partial charge on any atom is 0.317 e. The molecule has 1 aromatic rings. The Morgan fingerprint density at radius 1 is 1.22 bits per heavy atom. The van der Waals surface area contributed by atoms with Crippen molar-refractivity contribution < 1.29 is 13.9 Å². The molecule has 0 aromatic heterocycles. The monoisotopic (exact) mass is 447 g/mol. The Hall–Kier alpha value is -1.66. The molecule has 2 aliphatic rings. The third-order valence-electron chi connectivity index (χ3n) is 7.13. The van der Waals surface area contributed by atoms with E-state index in [0.29, 0.717) is 31.2 Å². The van der Waals surface area contributed by atoms with Crippen LogP contribution in [0.15, 0.2) is 24.3 Å². The van der Waals surface area contributed by atoms with Crippen LogP contribution in [0.25, 0.3) is 0 Å². The maximum absolute atomic E-state index is 14.6. The smallest absolute Gasteiger partial charge is 0.317 e. The van der Waals surface area contributed by atoms with Crippen LogP contribution < -0.4 is 11.1 Å². The van der Waals surface area contributed by atoms with E-state index < -0.39 is 0 Å². The van der Waals surface area contributed by atoms with Crippen molar-refractivity contribution in [1.29, 1.82) is 0 Å². The first-order valence-electron chi connectivity index (χ1n) is 12.7. The number of urea groups is 1. The zero-order valence-corrected chi connectivity index (χ0v) is 19.7. The normalized spacial score (nSPS) is 21.8. The van der Waals surface area contributed by atoms with Crippen molar-refractivity contribution in [3.05, 3.63) is 35.6 Å². The highest BCUT2D eigenvalue weighted by Gasteiger charge is 2.33. The molecule has 0 unspecified atom stereocenters. The Labute approximate surface area is 193 Å². The van der Waals surface area contributed by atoms with Crippen LogP contribution in [0.4, 0.5) is 9.18 Å². The predicted octanol–water partition coefficient (Wildman–Crippen LogP) is 5.40. The van der Waals surface area contributed by atoms with Crippen LogP contribution in [0.5, 0.6) is 0 Å². The number of likely N-dealkylation sites (tertiary alicyclic amines) is 1. The van der Waals surface area contributed by atoms with Gasteiger partial charge < -0.3 is 20.7 Å². The number of ether oxygens (including phenoxy) is 1. The molecule has 1 aliphatic carbocycles. The van der Waals surface area contributed by atoms with Gasteiger partial charge in [-0.2, -0.15) is 0 Å². The van der Waals surface area contributed by atoms with Gasteiger partial charge >= 0.3 is 6.03 Å². The van der Waals surface area contributed by atoms with Crippen LogP contribution in [0.2, 0.25) is 0 Å². The number of nitrogens with two attached hydrogens (primary N) is 1. The first kappa shape index (κ1) is 25.0. The molecule has 0 radical (unpaired) electrons. The molecule has 1 heterocycles. The zero-order chi connectivity index (χ0) is 22.8. The lowest BCUT2D eigenvalue weighted by Crippen LogP contribution is -2.51. The number of unbranched alkanes of at least 4 members (excludes halogenated alkanes) is 1. The van der Waals surface area contributed by atoms with Gasteiger partial charge in [0.2, 0.25) is 0 Å². The van der Waals surface area contributed by atoms with E-state index in [-0.39, 0.29) is 29.9 Å². The molecule has 6 heteroatoms. The molecule has 0 bridgehead atoms. The van der Waals surface area contributed by atoms with E-state index in [1.165, 1.54) is 38.2 Å². The van der Waals surface area contributed by atoms with Crippen molar-refractivity contribution in [2.45, 2.75) is 83.3 Å². The summed E-state index contributed by atoms with van der Waals surface area (Å²) in [7, 11) is 0. The van der Waals surface area contributed by atoms with Crippen LogP contribution in [-0.2, 0) is 4.74 Å². The molecular formula is C26H42FN3O2. The fourth-order valence-corrected chi connectivity index (χ4v) is 5.29. The van der Waals surface area contributed by atoms with Gasteiger partial charge in [0.15, 0.2) is 0 Å². The lowest BCUT2D eigenvalue weighted by molar-refractivity contribution is -0.0133. The molecule has 0 spiro atoms. The van der Waals surface area contributed by atoms with E-state index in [1.807, 2.05) is 17.0 Å².